The van der Waals surface area contributed by atoms with Crippen molar-refractivity contribution >= 4 is 5.91 Å². The van der Waals surface area contributed by atoms with Crippen LogP contribution in [0, 0.1) is 17.6 Å². The average Bonchev–Trinajstić information content (AvgIpc) is 3.17. The molecular formula is C15H16F2N4O2. The summed E-state index contributed by atoms with van der Waals surface area (Å²) in [4.78, 5) is 16.0. The van der Waals surface area contributed by atoms with Crippen LogP contribution in [-0.4, -0.2) is 38.8 Å². The van der Waals surface area contributed by atoms with E-state index >= 15 is 0 Å². The van der Waals surface area contributed by atoms with Crippen LogP contribution in [0.1, 0.15) is 34.9 Å². The van der Waals surface area contributed by atoms with Gasteiger partial charge in [0.05, 0.1) is 11.7 Å². The molecule has 122 valence electrons. The summed E-state index contributed by atoms with van der Waals surface area (Å²) >= 11 is 0. The Morgan fingerprint density at radius 1 is 1.39 bits per heavy atom. The largest absolute Gasteiger partial charge is 0.393 e. The lowest BCUT2D eigenvalue weighted by Gasteiger charge is -2.15. The molecule has 0 aliphatic heterocycles. The first-order chi connectivity index (χ1) is 11.1. The fraction of sp³-hybridized carbons (Fsp3) is 0.400. The summed E-state index contributed by atoms with van der Waals surface area (Å²) in [5, 5.41) is 19.2. The van der Waals surface area contributed by atoms with Gasteiger partial charge in [0.2, 0.25) is 0 Å². The number of rotatable bonds is 4. The molecule has 23 heavy (non-hydrogen) atoms. The molecule has 3 N–H and O–H groups in total. The van der Waals surface area contributed by atoms with Crippen molar-refractivity contribution in [3.8, 4) is 0 Å². The third-order valence-electron chi connectivity index (χ3n) is 4.20. The van der Waals surface area contributed by atoms with Gasteiger partial charge < -0.3 is 10.4 Å². The molecule has 1 fully saturated rings. The number of hydrogen-bond acceptors (Lipinski definition) is 4. The van der Waals surface area contributed by atoms with Crippen LogP contribution in [-0.2, 0) is 0 Å². The molecule has 6 nitrogen and oxygen atoms in total. The van der Waals surface area contributed by atoms with Crippen LogP contribution in [0.2, 0.25) is 0 Å². The lowest BCUT2D eigenvalue weighted by molar-refractivity contribution is 0.0912. The molecule has 0 unspecified atom stereocenters. The number of carbonyl (C=O) groups is 1. The minimum atomic E-state index is -1.17. The van der Waals surface area contributed by atoms with E-state index in [1.807, 2.05) is 0 Å². The van der Waals surface area contributed by atoms with Crippen molar-refractivity contribution in [1.29, 1.82) is 0 Å². The monoisotopic (exact) mass is 322 g/mol. The normalized spacial score (nSPS) is 23.9. The number of nitrogens with one attached hydrogen (secondary N) is 2. The Kier molecular flexibility index (Phi) is 4.33. The zero-order valence-corrected chi connectivity index (χ0v) is 12.2. The number of amides is 1. The summed E-state index contributed by atoms with van der Waals surface area (Å²) in [6.45, 7) is 0.181. The molecular weight excluding hydrogens is 306 g/mol. The number of carbonyl (C=O) groups excluding carboxylic acids is 1. The van der Waals surface area contributed by atoms with Crippen molar-refractivity contribution in [1.82, 2.24) is 20.5 Å². The maximum absolute atomic E-state index is 13.6. The summed E-state index contributed by atoms with van der Waals surface area (Å²) in [5.41, 5.74) is -0.343. The molecule has 3 atom stereocenters. The van der Waals surface area contributed by atoms with Gasteiger partial charge in [-0.25, -0.2) is 13.8 Å². The zero-order chi connectivity index (χ0) is 16.4. The molecule has 1 heterocycles. The van der Waals surface area contributed by atoms with Gasteiger partial charge >= 0.3 is 0 Å². The molecule has 1 aromatic heterocycles. The lowest BCUT2D eigenvalue weighted by Crippen LogP contribution is -2.33. The van der Waals surface area contributed by atoms with Gasteiger partial charge in [-0.15, -0.1) is 0 Å². The van der Waals surface area contributed by atoms with E-state index in [1.165, 1.54) is 18.5 Å². The molecule has 1 aliphatic rings. The standard InChI is InChI=1S/C15H16F2N4O2/c16-11-3-1-2-10(13(11)17)15(23)18-6-9-4-8(5-12(9)22)14-19-7-20-21-14/h1-3,7-9,12,22H,4-6H2,(H,18,23)(H,19,20,21)/t8-,9+,12+/m1/s1. The highest BCUT2D eigenvalue weighted by molar-refractivity contribution is 5.94. The average molecular weight is 322 g/mol. The molecule has 1 saturated carbocycles. The second-order valence-electron chi connectivity index (χ2n) is 5.68. The fourth-order valence-electron chi connectivity index (χ4n) is 2.96. The van der Waals surface area contributed by atoms with E-state index in [4.69, 9.17) is 0 Å². The van der Waals surface area contributed by atoms with Gasteiger partial charge in [0.1, 0.15) is 12.2 Å². The number of aromatic nitrogens is 3. The second-order valence-corrected chi connectivity index (χ2v) is 5.68. The van der Waals surface area contributed by atoms with Crippen LogP contribution in [0.4, 0.5) is 8.78 Å². The quantitative estimate of drug-likeness (QED) is 0.793. The number of benzene rings is 1. The van der Waals surface area contributed by atoms with Gasteiger partial charge in [-0.05, 0) is 25.0 Å². The van der Waals surface area contributed by atoms with E-state index in [1.54, 1.807) is 0 Å². The number of nitrogens with zero attached hydrogens (tertiary/aromatic N) is 2. The number of hydrogen-bond donors (Lipinski definition) is 3. The smallest absolute Gasteiger partial charge is 0.254 e. The number of aromatic amines is 1. The minimum Gasteiger partial charge on any atom is -0.393 e. The molecule has 0 spiro atoms. The molecule has 1 amide bonds. The molecule has 3 rings (SSSR count). The van der Waals surface area contributed by atoms with Crippen LogP contribution >= 0.6 is 0 Å². The van der Waals surface area contributed by atoms with Crippen LogP contribution in [0.15, 0.2) is 24.5 Å². The fourth-order valence-corrected chi connectivity index (χ4v) is 2.96. The van der Waals surface area contributed by atoms with Crippen LogP contribution in [0.25, 0.3) is 0 Å². The molecule has 1 aliphatic carbocycles. The van der Waals surface area contributed by atoms with E-state index in [9.17, 15) is 18.7 Å². The lowest BCUT2D eigenvalue weighted by atomic mass is 10.0. The van der Waals surface area contributed by atoms with Crippen molar-refractivity contribution in [2.24, 2.45) is 5.92 Å². The van der Waals surface area contributed by atoms with Crippen molar-refractivity contribution in [2.75, 3.05) is 6.54 Å². The van der Waals surface area contributed by atoms with Crippen molar-refractivity contribution in [3.05, 3.63) is 47.5 Å². The van der Waals surface area contributed by atoms with Crippen LogP contribution in [0.3, 0.4) is 0 Å². The SMILES string of the molecule is O=C(NC[C@@H]1C[C@@H](c2ncn[nH]2)C[C@@H]1O)c1cccc(F)c1F. The Morgan fingerprint density at radius 2 is 2.22 bits per heavy atom. The summed E-state index contributed by atoms with van der Waals surface area (Å²) in [7, 11) is 0. The van der Waals surface area contributed by atoms with E-state index in [-0.39, 0.29) is 23.9 Å². The molecule has 0 saturated heterocycles. The Labute approximate surface area is 130 Å². The number of aliphatic hydroxyl groups is 1. The van der Waals surface area contributed by atoms with Gasteiger partial charge in [0.15, 0.2) is 11.6 Å². The predicted molar refractivity (Wildman–Crippen MR) is 76.5 cm³/mol. The first-order valence-corrected chi connectivity index (χ1v) is 7.31. The van der Waals surface area contributed by atoms with E-state index < -0.39 is 23.6 Å². The molecule has 8 heteroatoms. The van der Waals surface area contributed by atoms with Gasteiger partial charge in [0.25, 0.3) is 5.91 Å². The highest BCUT2D eigenvalue weighted by atomic mass is 19.2. The predicted octanol–water partition coefficient (Wildman–Crippen LogP) is 1.37. The van der Waals surface area contributed by atoms with E-state index in [0.29, 0.717) is 18.7 Å². The second kappa shape index (κ2) is 6.41. The van der Waals surface area contributed by atoms with Gasteiger partial charge in [0, 0.05) is 18.4 Å². The van der Waals surface area contributed by atoms with E-state index in [2.05, 4.69) is 20.5 Å². The highest BCUT2D eigenvalue weighted by Crippen LogP contribution is 2.36. The number of H-pyrrole nitrogens is 1. The Bertz CT molecular complexity index is 693. The van der Waals surface area contributed by atoms with Gasteiger partial charge in [-0.3, -0.25) is 9.89 Å². The van der Waals surface area contributed by atoms with Gasteiger partial charge in [-0.2, -0.15) is 5.10 Å². The summed E-state index contributed by atoms with van der Waals surface area (Å²) < 4.78 is 26.7. The molecule has 2 aromatic rings. The van der Waals surface area contributed by atoms with E-state index in [0.717, 1.165) is 6.07 Å². The minimum absolute atomic E-state index is 0.0420. The van der Waals surface area contributed by atoms with Gasteiger partial charge in [-0.1, -0.05) is 6.07 Å². The van der Waals surface area contributed by atoms with Crippen molar-refractivity contribution in [2.45, 2.75) is 24.9 Å². The van der Waals surface area contributed by atoms with Crippen LogP contribution < -0.4 is 5.32 Å². The highest BCUT2D eigenvalue weighted by Gasteiger charge is 2.35. The Balaban J connectivity index is 1.60. The Morgan fingerprint density at radius 3 is 2.96 bits per heavy atom. The first-order valence-electron chi connectivity index (χ1n) is 7.31. The topological polar surface area (TPSA) is 90.9 Å². The third kappa shape index (κ3) is 3.21. The maximum atomic E-state index is 13.6. The van der Waals surface area contributed by atoms with Crippen molar-refractivity contribution < 1.29 is 18.7 Å². The first kappa shape index (κ1) is 15.5. The number of aliphatic hydroxyl groups excluding tert-OH is 1. The van der Waals surface area contributed by atoms with Crippen molar-refractivity contribution in [3.63, 3.8) is 0 Å². The summed E-state index contributed by atoms with van der Waals surface area (Å²) in [6.07, 6.45) is 1.96. The molecule has 0 bridgehead atoms. The zero-order valence-electron chi connectivity index (χ0n) is 12.2. The molecule has 1 aromatic carbocycles. The molecule has 0 radical (unpaired) electrons. The summed E-state index contributed by atoms with van der Waals surface area (Å²) in [6, 6.07) is 3.45. The Hall–Kier alpha value is -2.35. The maximum Gasteiger partial charge on any atom is 0.254 e. The summed E-state index contributed by atoms with van der Waals surface area (Å²) in [5.74, 6) is -2.36. The third-order valence-corrected chi connectivity index (χ3v) is 4.20. The van der Waals surface area contributed by atoms with Crippen LogP contribution in [0.5, 0.6) is 0 Å². The number of halogens is 2.